The van der Waals surface area contributed by atoms with Gasteiger partial charge in [0.15, 0.2) is 0 Å². The maximum Gasteiger partial charge on any atom is 0.225 e. The maximum absolute atomic E-state index is 13.1. The molecule has 17 heavy (non-hydrogen) atoms. The summed E-state index contributed by atoms with van der Waals surface area (Å²) in [6.07, 6.45) is 2.54. The van der Waals surface area contributed by atoms with Crippen LogP contribution in [0.2, 0.25) is 5.02 Å². The Morgan fingerprint density at radius 3 is 3.06 bits per heavy atom. The van der Waals surface area contributed by atoms with Crippen molar-refractivity contribution < 1.29 is 9.18 Å². The molecule has 0 saturated carbocycles. The molecule has 0 aromatic heterocycles. The summed E-state index contributed by atoms with van der Waals surface area (Å²) in [4.78, 5) is 11.7. The van der Waals surface area contributed by atoms with E-state index in [0.717, 1.165) is 19.4 Å². The van der Waals surface area contributed by atoms with Gasteiger partial charge in [-0.25, -0.2) is 4.39 Å². The molecular weight excluding hydrogens is 243 g/mol. The highest BCUT2D eigenvalue weighted by atomic mass is 35.5. The van der Waals surface area contributed by atoms with Crippen LogP contribution in [0.1, 0.15) is 19.3 Å². The number of anilines is 1. The molecule has 1 atom stereocenters. The first-order chi connectivity index (χ1) is 8.15. The lowest BCUT2D eigenvalue weighted by atomic mass is 10.1. The Labute approximate surface area is 104 Å². The highest BCUT2D eigenvalue weighted by molar-refractivity contribution is 6.30. The Morgan fingerprint density at radius 2 is 2.41 bits per heavy atom. The third-order valence-corrected chi connectivity index (χ3v) is 3.10. The summed E-state index contributed by atoms with van der Waals surface area (Å²) in [6, 6.07) is 4.49. The van der Waals surface area contributed by atoms with Gasteiger partial charge in [-0.3, -0.25) is 4.79 Å². The van der Waals surface area contributed by atoms with E-state index < -0.39 is 5.82 Å². The Hall–Kier alpha value is -1.13. The van der Waals surface area contributed by atoms with Crippen molar-refractivity contribution in [2.45, 2.75) is 25.3 Å². The lowest BCUT2D eigenvalue weighted by molar-refractivity contribution is -0.116. The van der Waals surface area contributed by atoms with Crippen molar-refractivity contribution in [2.24, 2.45) is 0 Å². The second kappa shape index (κ2) is 5.47. The summed E-state index contributed by atoms with van der Waals surface area (Å²) in [5.74, 6) is -0.630. The Balaban J connectivity index is 1.90. The smallest absolute Gasteiger partial charge is 0.225 e. The molecule has 1 saturated heterocycles. The fraction of sp³-hybridized carbons (Fsp3) is 0.417. The van der Waals surface area contributed by atoms with Crippen molar-refractivity contribution in [1.82, 2.24) is 5.32 Å². The maximum atomic E-state index is 13.1. The second-order valence-corrected chi connectivity index (χ2v) is 4.58. The normalized spacial score (nSPS) is 19.3. The molecule has 1 aromatic rings. The van der Waals surface area contributed by atoms with Crippen molar-refractivity contribution >= 4 is 23.2 Å². The van der Waals surface area contributed by atoms with Gasteiger partial charge in [0.2, 0.25) is 5.91 Å². The fourth-order valence-electron chi connectivity index (χ4n) is 1.94. The summed E-state index contributed by atoms with van der Waals surface area (Å²) >= 11 is 5.56. The van der Waals surface area contributed by atoms with Crippen LogP contribution in [0, 0.1) is 5.82 Å². The van der Waals surface area contributed by atoms with E-state index in [2.05, 4.69) is 10.6 Å². The van der Waals surface area contributed by atoms with Crippen molar-refractivity contribution in [3.8, 4) is 0 Å². The van der Waals surface area contributed by atoms with Gasteiger partial charge in [-0.15, -0.1) is 0 Å². The predicted molar refractivity (Wildman–Crippen MR) is 65.7 cm³/mol. The van der Waals surface area contributed by atoms with Gasteiger partial charge in [0, 0.05) is 18.2 Å². The van der Waals surface area contributed by atoms with Gasteiger partial charge in [0.25, 0.3) is 0 Å². The molecule has 2 rings (SSSR count). The van der Waals surface area contributed by atoms with E-state index in [1.807, 2.05) is 0 Å². The number of amides is 1. The molecule has 0 spiro atoms. The summed E-state index contributed by atoms with van der Waals surface area (Å²) in [5.41, 5.74) is 0.440. The molecule has 1 aliphatic heterocycles. The Morgan fingerprint density at radius 1 is 1.59 bits per heavy atom. The SMILES string of the molecule is O=C(CC1CCCN1)Nc1ccc(Cl)c(F)c1. The van der Waals surface area contributed by atoms with Gasteiger partial charge >= 0.3 is 0 Å². The Bertz CT molecular complexity index is 419. The number of benzene rings is 1. The number of carbonyl (C=O) groups excluding carboxylic acids is 1. The number of hydrogen-bond acceptors (Lipinski definition) is 2. The molecule has 3 nitrogen and oxygen atoms in total. The molecule has 1 heterocycles. The predicted octanol–water partition coefficient (Wildman–Crippen LogP) is 2.56. The number of hydrogen-bond donors (Lipinski definition) is 2. The van der Waals surface area contributed by atoms with Gasteiger partial charge in [-0.2, -0.15) is 0 Å². The number of nitrogens with one attached hydrogen (secondary N) is 2. The van der Waals surface area contributed by atoms with Crippen LogP contribution >= 0.6 is 11.6 Å². The zero-order valence-electron chi connectivity index (χ0n) is 9.30. The molecular formula is C12H14ClFN2O. The van der Waals surface area contributed by atoms with Crippen molar-refractivity contribution in [2.75, 3.05) is 11.9 Å². The number of halogens is 2. The van der Waals surface area contributed by atoms with Crippen LogP contribution < -0.4 is 10.6 Å². The van der Waals surface area contributed by atoms with Crippen LogP contribution in [0.4, 0.5) is 10.1 Å². The van der Waals surface area contributed by atoms with Crippen molar-refractivity contribution in [1.29, 1.82) is 0 Å². The molecule has 1 fully saturated rings. The average Bonchev–Trinajstić information content (AvgIpc) is 2.76. The minimum Gasteiger partial charge on any atom is -0.326 e. The van der Waals surface area contributed by atoms with E-state index in [0.29, 0.717) is 12.1 Å². The van der Waals surface area contributed by atoms with Crippen LogP contribution in [0.25, 0.3) is 0 Å². The zero-order chi connectivity index (χ0) is 12.3. The van der Waals surface area contributed by atoms with E-state index in [-0.39, 0.29) is 17.0 Å². The summed E-state index contributed by atoms with van der Waals surface area (Å²) in [6.45, 7) is 0.966. The van der Waals surface area contributed by atoms with Crippen LogP contribution in [-0.4, -0.2) is 18.5 Å². The largest absolute Gasteiger partial charge is 0.326 e. The average molecular weight is 257 g/mol. The minimum absolute atomic E-state index is 0.0560. The van der Waals surface area contributed by atoms with Crippen LogP contribution in [0.15, 0.2) is 18.2 Å². The van der Waals surface area contributed by atoms with Crippen LogP contribution in [0.3, 0.4) is 0 Å². The fourth-order valence-corrected chi connectivity index (χ4v) is 2.06. The first-order valence-electron chi connectivity index (χ1n) is 5.63. The molecule has 2 N–H and O–H groups in total. The molecule has 0 aliphatic carbocycles. The monoisotopic (exact) mass is 256 g/mol. The zero-order valence-corrected chi connectivity index (χ0v) is 10.1. The first kappa shape index (κ1) is 12.3. The Kier molecular flexibility index (Phi) is 3.97. The molecule has 0 radical (unpaired) electrons. The summed E-state index contributed by atoms with van der Waals surface area (Å²) < 4.78 is 13.1. The quantitative estimate of drug-likeness (QED) is 0.873. The summed E-state index contributed by atoms with van der Waals surface area (Å²) in [7, 11) is 0. The second-order valence-electron chi connectivity index (χ2n) is 4.17. The molecule has 1 aliphatic rings. The highest BCUT2D eigenvalue weighted by Gasteiger charge is 2.17. The lowest BCUT2D eigenvalue weighted by Gasteiger charge is -2.10. The van der Waals surface area contributed by atoms with Crippen molar-refractivity contribution in [3.63, 3.8) is 0 Å². The molecule has 1 unspecified atom stereocenters. The summed E-state index contributed by atoms with van der Waals surface area (Å²) in [5, 5.41) is 5.95. The van der Waals surface area contributed by atoms with Gasteiger partial charge in [0.05, 0.1) is 5.02 Å². The lowest BCUT2D eigenvalue weighted by Crippen LogP contribution is -2.27. The molecule has 1 amide bonds. The standard InChI is InChI=1S/C12H14ClFN2O/c13-10-4-3-9(6-11(10)14)16-12(17)7-8-2-1-5-15-8/h3-4,6,8,15H,1-2,5,7H2,(H,16,17). The molecule has 92 valence electrons. The van der Waals surface area contributed by atoms with E-state index in [1.54, 1.807) is 6.07 Å². The van der Waals surface area contributed by atoms with Gasteiger partial charge in [-0.1, -0.05) is 11.6 Å². The molecule has 5 heteroatoms. The number of carbonyl (C=O) groups is 1. The first-order valence-corrected chi connectivity index (χ1v) is 6.01. The van der Waals surface area contributed by atoms with Gasteiger partial charge in [-0.05, 0) is 37.6 Å². The third kappa shape index (κ3) is 3.41. The number of rotatable bonds is 3. The van der Waals surface area contributed by atoms with Crippen molar-refractivity contribution in [3.05, 3.63) is 29.0 Å². The van der Waals surface area contributed by atoms with Gasteiger partial charge < -0.3 is 10.6 Å². The van der Waals surface area contributed by atoms with E-state index in [1.165, 1.54) is 12.1 Å². The van der Waals surface area contributed by atoms with E-state index in [9.17, 15) is 9.18 Å². The molecule has 0 bridgehead atoms. The third-order valence-electron chi connectivity index (χ3n) is 2.80. The van der Waals surface area contributed by atoms with Crippen LogP contribution in [0.5, 0.6) is 0 Å². The van der Waals surface area contributed by atoms with E-state index in [4.69, 9.17) is 11.6 Å². The molecule has 1 aromatic carbocycles. The van der Waals surface area contributed by atoms with E-state index >= 15 is 0 Å². The minimum atomic E-state index is -0.525. The van der Waals surface area contributed by atoms with Gasteiger partial charge in [0.1, 0.15) is 5.82 Å². The van der Waals surface area contributed by atoms with Crippen LogP contribution in [-0.2, 0) is 4.79 Å². The topological polar surface area (TPSA) is 41.1 Å². The highest BCUT2D eigenvalue weighted by Crippen LogP contribution is 2.19.